The molecule has 0 bridgehead atoms. The number of likely N-dealkylation sites (N-methyl/N-ethyl adjacent to an activating group) is 1. The summed E-state index contributed by atoms with van der Waals surface area (Å²) in [7, 11) is 1.98. The highest BCUT2D eigenvalue weighted by Crippen LogP contribution is 2.16. The molecule has 1 rings (SSSR count). The first-order valence-electron chi connectivity index (χ1n) is 7.72. The lowest BCUT2D eigenvalue weighted by Crippen LogP contribution is -2.28. The molecule has 0 aliphatic carbocycles. The number of ether oxygens (including phenoxy) is 1. The molecule has 0 atom stereocenters. The van der Waals surface area contributed by atoms with Gasteiger partial charge in [0.1, 0.15) is 5.82 Å². The summed E-state index contributed by atoms with van der Waals surface area (Å²) in [6.45, 7) is 10.6. The Hall–Kier alpha value is -1.13. The van der Waals surface area contributed by atoms with Gasteiger partial charge in [0, 0.05) is 31.9 Å². The van der Waals surface area contributed by atoms with Crippen molar-refractivity contribution in [2.75, 3.05) is 38.3 Å². The Morgan fingerprint density at radius 1 is 1.25 bits per heavy atom. The Kier molecular flexibility index (Phi) is 8.23. The minimum Gasteiger partial charge on any atom is -0.380 e. The van der Waals surface area contributed by atoms with Crippen LogP contribution in [0.1, 0.15) is 38.4 Å². The van der Waals surface area contributed by atoms with Gasteiger partial charge in [0.25, 0.3) is 0 Å². The largest absolute Gasteiger partial charge is 0.380 e. The lowest BCUT2D eigenvalue weighted by atomic mass is 10.1. The van der Waals surface area contributed by atoms with Crippen LogP contribution in [0.5, 0.6) is 0 Å². The highest BCUT2D eigenvalue weighted by atomic mass is 16.5. The van der Waals surface area contributed by atoms with Crippen LogP contribution >= 0.6 is 0 Å². The van der Waals surface area contributed by atoms with E-state index < -0.39 is 0 Å². The zero-order valence-electron chi connectivity index (χ0n) is 13.4. The molecule has 0 unspecified atom stereocenters. The molecule has 0 aromatic carbocycles. The number of nitrogens with zero attached hydrogens (tertiary/aromatic N) is 2. The number of pyridine rings is 1. The van der Waals surface area contributed by atoms with Crippen molar-refractivity contribution in [3.05, 3.63) is 23.4 Å². The van der Waals surface area contributed by atoms with E-state index in [1.807, 2.05) is 14.0 Å². The van der Waals surface area contributed by atoms with Gasteiger partial charge in [0.15, 0.2) is 0 Å². The second kappa shape index (κ2) is 9.72. The maximum absolute atomic E-state index is 5.46. The van der Waals surface area contributed by atoms with Gasteiger partial charge in [-0.25, -0.2) is 4.98 Å². The fourth-order valence-corrected chi connectivity index (χ4v) is 2.24. The Morgan fingerprint density at radius 3 is 2.65 bits per heavy atom. The average Bonchev–Trinajstić information content (AvgIpc) is 2.44. The van der Waals surface area contributed by atoms with Crippen molar-refractivity contribution in [2.45, 2.75) is 40.2 Å². The maximum Gasteiger partial charge on any atom is 0.129 e. The zero-order chi connectivity index (χ0) is 14.8. The number of hydrogen-bond acceptors (Lipinski definition) is 4. The monoisotopic (exact) mass is 279 g/mol. The molecule has 20 heavy (non-hydrogen) atoms. The Bertz CT molecular complexity index is 358. The van der Waals surface area contributed by atoms with Crippen molar-refractivity contribution in [3.63, 3.8) is 0 Å². The van der Waals surface area contributed by atoms with Crippen LogP contribution in [0.3, 0.4) is 0 Å². The van der Waals surface area contributed by atoms with Crippen molar-refractivity contribution in [3.8, 4) is 0 Å². The number of anilines is 1. The summed E-state index contributed by atoms with van der Waals surface area (Å²) in [6.07, 6.45) is 2.16. The third-order valence-electron chi connectivity index (χ3n) is 3.23. The molecule has 0 saturated heterocycles. The number of nitrogens with one attached hydrogen (secondary N) is 1. The van der Waals surface area contributed by atoms with Crippen molar-refractivity contribution in [2.24, 2.45) is 0 Å². The smallest absolute Gasteiger partial charge is 0.129 e. The van der Waals surface area contributed by atoms with Crippen LogP contribution in [0.4, 0.5) is 5.82 Å². The highest BCUT2D eigenvalue weighted by Gasteiger charge is 2.09. The summed E-state index contributed by atoms with van der Waals surface area (Å²) in [6, 6.07) is 4.39. The van der Waals surface area contributed by atoms with Crippen LogP contribution in [0.2, 0.25) is 0 Å². The molecular weight excluding hydrogens is 250 g/mol. The van der Waals surface area contributed by atoms with Gasteiger partial charge in [0.05, 0.1) is 6.61 Å². The summed E-state index contributed by atoms with van der Waals surface area (Å²) in [5.74, 6) is 1.07. The molecule has 0 aliphatic heterocycles. The van der Waals surface area contributed by atoms with Gasteiger partial charge in [-0.3, -0.25) is 0 Å². The standard InChI is InChI=1S/C16H29N3O/c1-5-8-15-11-14(13-17-4)12-16(18-15)19(6-2)9-10-20-7-3/h11-12,17H,5-10,13H2,1-4H3. The SMILES string of the molecule is CCCc1cc(CNC)cc(N(CC)CCOCC)n1. The topological polar surface area (TPSA) is 37.4 Å². The number of hydrogen-bond donors (Lipinski definition) is 1. The predicted molar refractivity (Wildman–Crippen MR) is 85.4 cm³/mol. The van der Waals surface area contributed by atoms with E-state index in [4.69, 9.17) is 9.72 Å². The third-order valence-corrected chi connectivity index (χ3v) is 3.23. The Morgan fingerprint density at radius 2 is 2.05 bits per heavy atom. The van der Waals surface area contributed by atoms with Gasteiger partial charge in [-0.15, -0.1) is 0 Å². The average molecular weight is 279 g/mol. The number of aryl methyl sites for hydroxylation is 1. The van der Waals surface area contributed by atoms with Gasteiger partial charge in [-0.2, -0.15) is 0 Å². The highest BCUT2D eigenvalue weighted by molar-refractivity contribution is 5.42. The normalized spacial score (nSPS) is 10.8. The van der Waals surface area contributed by atoms with Crippen LogP contribution in [-0.2, 0) is 17.7 Å². The van der Waals surface area contributed by atoms with Crippen LogP contribution in [0, 0.1) is 0 Å². The Labute approximate surface area is 123 Å². The molecule has 1 aromatic rings. The van der Waals surface area contributed by atoms with E-state index in [1.165, 1.54) is 11.3 Å². The second-order valence-corrected chi connectivity index (χ2v) is 4.88. The lowest BCUT2D eigenvalue weighted by Gasteiger charge is -2.23. The maximum atomic E-state index is 5.46. The van der Waals surface area contributed by atoms with E-state index in [-0.39, 0.29) is 0 Å². The molecule has 1 N–H and O–H groups in total. The molecule has 0 radical (unpaired) electrons. The minimum atomic E-state index is 0.755. The number of rotatable bonds is 10. The van der Waals surface area contributed by atoms with E-state index in [1.54, 1.807) is 0 Å². The second-order valence-electron chi connectivity index (χ2n) is 4.88. The Balaban J connectivity index is 2.87. The van der Waals surface area contributed by atoms with Gasteiger partial charge >= 0.3 is 0 Å². The van der Waals surface area contributed by atoms with Crippen LogP contribution < -0.4 is 10.2 Å². The van der Waals surface area contributed by atoms with Crippen LogP contribution in [0.15, 0.2) is 12.1 Å². The molecular formula is C16H29N3O. The molecule has 0 amide bonds. The van der Waals surface area contributed by atoms with E-state index in [0.717, 1.165) is 51.5 Å². The van der Waals surface area contributed by atoms with E-state index in [2.05, 4.69) is 36.2 Å². The molecule has 0 aliphatic rings. The van der Waals surface area contributed by atoms with E-state index >= 15 is 0 Å². The van der Waals surface area contributed by atoms with Crippen molar-refractivity contribution >= 4 is 5.82 Å². The van der Waals surface area contributed by atoms with Gasteiger partial charge in [-0.05, 0) is 45.0 Å². The van der Waals surface area contributed by atoms with Gasteiger partial charge < -0.3 is 15.0 Å². The van der Waals surface area contributed by atoms with Crippen LogP contribution in [-0.4, -0.2) is 38.3 Å². The molecule has 4 heteroatoms. The van der Waals surface area contributed by atoms with E-state index in [0.29, 0.717) is 0 Å². The van der Waals surface area contributed by atoms with Crippen molar-refractivity contribution < 1.29 is 4.74 Å². The van der Waals surface area contributed by atoms with E-state index in [9.17, 15) is 0 Å². The quantitative estimate of drug-likeness (QED) is 0.668. The molecule has 114 valence electrons. The first-order chi connectivity index (χ1) is 9.74. The molecule has 1 heterocycles. The minimum absolute atomic E-state index is 0.755. The molecule has 0 fully saturated rings. The van der Waals surface area contributed by atoms with Gasteiger partial charge in [-0.1, -0.05) is 13.3 Å². The molecule has 0 spiro atoms. The predicted octanol–water partition coefficient (Wildman–Crippen LogP) is 2.62. The third kappa shape index (κ3) is 5.47. The van der Waals surface area contributed by atoms with Gasteiger partial charge in [0.2, 0.25) is 0 Å². The first-order valence-corrected chi connectivity index (χ1v) is 7.72. The summed E-state index contributed by atoms with van der Waals surface area (Å²) >= 11 is 0. The molecule has 0 saturated carbocycles. The molecule has 4 nitrogen and oxygen atoms in total. The van der Waals surface area contributed by atoms with Crippen LogP contribution in [0.25, 0.3) is 0 Å². The molecule has 1 aromatic heterocycles. The first kappa shape index (κ1) is 16.9. The van der Waals surface area contributed by atoms with Crippen molar-refractivity contribution in [1.82, 2.24) is 10.3 Å². The fraction of sp³-hybridized carbons (Fsp3) is 0.688. The zero-order valence-corrected chi connectivity index (χ0v) is 13.4. The summed E-state index contributed by atoms with van der Waals surface area (Å²) in [4.78, 5) is 7.08. The van der Waals surface area contributed by atoms with Crippen molar-refractivity contribution in [1.29, 1.82) is 0 Å². The summed E-state index contributed by atoms with van der Waals surface area (Å²) in [5.41, 5.74) is 2.49. The number of aromatic nitrogens is 1. The summed E-state index contributed by atoms with van der Waals surface area (Å²) in [5, 5.41) is 3.22. The lowest BCUT2D eigenvalue weighted by molar-refractivity contribution is 0.154. The summed E-state index contributed by atoms with van der Waals surface area (Å²) < 4.78 is 5.46. The fourth-order valence-electron chi connectivity index (χ4n) is 2.24.